The molecule has 7 aromatic rings. The third kappa shape index (κ3) is 17.0. The van der Waals surface area contributed by atoms with Gasteiger partial charge in [0.05, 0.1) is 43.8 Å². The number of carbonyl (C=O) groups is 5. The first-order valence-corrected chi connectivity index (χ1v) is 35.6. The number of sulfonamides is 1. The molecule has 4 aromatic carbocycles. The number of aromatic amines is 1. The Hall–Kier alpha value is -8.75. The summed E-state index contributed by atoms with van der Waals surface area (Å²) in [5, 5.41) is 33.6. The molecular weight excluding hydrogens is 1300 g/mol. The van der Waals surface area contributed by atoms with Gasteiger partial charge in [-0.25, -0.2) is 23.1 Å². The number of amides is 5. The summed E-state index contributed by atoms with van der Waals surface area (Å²) in [6, 6.07) is 25.8. The van der Waals surface area contributed by atoms with Crippen molar-refractivity contribution in [3.8, 4) is 21.9 Å². The maximum atomic E-state index is 14.2. The van der Waals surface area contributed by atoms with Crippen LogP contribution < -0.4 is 30.3 Å². The predicted molar refractivity (Wildman–Crippen MR) is 374 cm³/mol. The van der Waals surface area contributed by atoms with Crippen molar-refractivity contribution >= 4 is 96.2 Å². The average Bonchev–Trinajstić information content (AvgIpc) is 1.53. The van der Waals surface area contributed by atoms with Gasteiger partial charge in [-0.15, -0.1) is 11.3 Å². The predicted octanol–water partition coefficient (Wildman–Crippen LogP) is 10.5. The van der Waals surface area contributed by atoms with E-state index in [4.69, 9.17) is 16.3 Å². The third-order valence-corrected chi connectivity index (χ3v) is 21.4. The number of fused-ring (bicyclic) bond motifs is 1. The minimum Gasteiger partial charge on any atom is -0.455 e. The first-order valence-electron chi connectivity index (χ1n) is 32.9. The van der Waals surface area contributed by atoms with E-state index in [-0.39, 0.29) is 73.1 Å². The molecule has 97 heavy (non-hydrogen) atoms. The Bertz CT molecular complexity index is 4230. The Kier molecular flexibility index (Phi) is 21.2. The lowest BCUT2D eigenvalue weighted by molar-refractivity contribution is -0.384. The molecule has 26 heteroatoms. The van der Waals surface area contributed by atoms with Gasteiger partial charge in [-0.05, 0) is 127 Å². The van der Waals surface area contributed by atoms with E-state index in [9.17, 15) is 47.6 Å². The molecule has 3 saturated heterocycles. The number of nitrogens with one attached hydrogen (secondary N) is 5. The Labute approximate surface area is 573 Å². The number of piperidine rings is 1. The van der Waals surface area contributed by atoms with Gasteiger partial charge in [0.15, 0.2) is 0 Å². The number of aromatic nitrogens is 3. The molecule has 23 nitrogen and oxygen atoms in total. The Morgan fingerprint density at radius 2 is 1.64 bits per heavy atom. The number of nitro benzene ring substituents is 1. The highest BCUT2D eigenvalue weighted by atomic mass is 35.5. The molecular formula is C71H83ClN12O11S2. The average molecular weight is 1380 g/mol. The zero-order chi connectivity index (χ0) is 68.9. The quantitative estimate of drug-likeness (QED) is 0.0272. The van der Waals surface area contributed by atoms with Gasteiger partial charge in [0, 0.05) is 119 Å². The second kappa shape index (κ2) is 29.5. The maximum Gasteiger partial charge on any atom is 0.293 e. The van der Waals surface area contributed by atoms with E-state index in [2.05, 4.69) is 71.4 Å². The first-order chi connectivity index (χ1) is 46.2. The van der Waals surface area contributed by atoms with Crippen molar-refractivity contribution < 1.29 is 47.2 Å². The van der Waals surface area contributed by atoms with Crippen LogP contribution in [0.15, 0.2) is 125 Å². The van der Waals surface area contributed by atoms with Gasteiger partial charge in [0.25, 0.3) is 21.6 Å². The number of pyridine rings is 1. The van der Waals surface area contributed by atoms with E-state index in [0.29, 0.717) is 55.4 Å². The summed E-state index contributed by atoms with van der Waals surface area (Å²) >= 11 is 7.82. The summed E-state index contributed by atoms with van der Waals surface area (Å²) < 4.78 is 36.6. The number of aliphatic hydroxyl groups is 1. The third-order valence-electron chi connectivity index (χ3n) is 18.9. The van der Waals surface area contributed by atoms with E-state index in [0.717, 1.165) is 77.7 Å². The van der Waals surface area contributed by atoms with Crippen molar-refractivity contribution in [1.82, 2.24) is 45.0 Å². The van der Waals surface area contributed by atoms with Crippen LogP contribution in [0.5, 0.6) is 11.5 Å². The van der Waals surface area contributed by atoms with Gasteiger partial charge in [-0.2, -0.15) is 0 Å². The lowest BCUT2D eigenvalue weighted by Crippen LogP contribution is -2.57. The number of hydrogen-bond donors (Lipinski definition) is 6. The van der Waals surface area contributed by atoms with Crippen molar-refractivity contribution in [3.05, 3.63) is 158 Å². The summed E-state index contributed by atoms with van der Waals surface area (Å²) in [7, 11) is -4.70. The van der Waals surface area contributed by atoms with Gasteiger partial charge in [-0.1, -0.05) is 88.2 Å². The molecule has 0 radical (unpaired) electrons. The highest BCUT2D eigenvalue weighted by Gasteiger charge is 2.45. The molecule has 0 saturated carbocycles. The van der Waals surface area contributed by atoms with E-state index in [1.165, 1.54) is 46.0 Å². The molecule has 0 spiro atoms. The van der Waals surface area contributed by atoms with Crippen LogP contribution in [0.4, 0.5) is 17.1 Å². The number of ether oxygens (including phenoxy) is 1. The summed E-state index contributed by atoms with van der Waals surface area (Å²) in [6.45, 7) is 16.8. The van der Waals surface area contributed by atoms with Crippen molar-refractivity contribution in [2.75, 3.05) is 69.1 Å². The molecule has 6 N–H and O–H groups in total. The lowest BCUT2D eigenvalue weighted by atomic mass is 9.72. The van der Waals surface area contributed by atoms with Gasteiger partial charge in [0.2, 0.25) is 23.6 Å². The largest absolute Gasteiger partial charge is 0.455 e. The smallest absolute Gasteiger partial charge is 0.293 e. The molecule has 1 aliphatic carbocycles. The number of β-amino-alcohol motifs (C(OH)–C–C–N with tert-alkyl or cyclic N) is 1. The molecule has 3 atom stereocenters. The van der Waals surface area contributed by atoms with Crippen LogP contribution in [0.1, 0.15) is 113 Å². The van der Waals surface area contributed by atoms with Crippen LogP contribution in [-0.2, 0) is 35.7 Å². The number of carbonyl (C=O) groups excluding carboxylic acids is 5. The van der Waals surface area contributed by atoms with Gasteiger partial charge in [0.1, 0.15) is 34.9 Å². The van der Waals surface area contributed by atoms with Crippen LogP contribution in [0.3, 0.4) is 0 Å². The number of nitrogens with zero attached hydrogens (tertiary/aromatic N) is 7. The minimum absolute atomic E-state index is 0.0330. The summed E-state index contributed by atoms with van der Waals surface area (Å²) in [5.41, 5.74) is 8.83. The van der Waals surface area contributed by atoms with E-state index in [1.54, 1.807) is 66.9 Å². The Morgan fingerprint density at radius 3 is 2.34 bits per heavy atom. The van der Waals surface area contributed by atoms with Crippen LogP contribution in [0.25, 0.3) is 27.0 Å². The van der Waals surface area contributed by atoms with Gasteiger partial charge >= 0.3 is 0 Å². The van der Waals surface area contributed by atoms with Crippen LogP contribution in [0.2, 0.25) is 5.02 Å². The number of H-pyrrole nitrogens is 1. The molecule has 6 heterocycles. The zero-order valence-corrected chi connectivity index (χ0v) is 57.8. The van der Waals surface area contributed by atoms with Crippen molar-refractivity contribution in [2.45, 2.75) is 123 Å². The number of aliphatic hydroxyl groups excluding tert-OH is 1. The van der Waals surface area contributed by atoms with E-state index < -0.39 is 72.8 Å². The molecule has 0 bridgehead atoms. The fraction of sp³-hybridized carbons (Fsp3) is 0.423. The summed E-state index contributed by atoms with van der Waals surface area (Å²) in [5.74, 6) is -2.40. The molecule has 4 aliphatic rings. The fourth-order valence-electron chi connectivity index (χ4n) is 13.2. The molecule has 5 amide bonds. The number of anilines is 2. The number of likely N-dealkylation sites (tertiary alicyclic amines) is 2. The molecule has 3 aromatic heterocycles. The molecule has 0 unspecified atom stereocenters. The number of allylic oxidation sites excluding steroid dienone is 1. The molecule has 11 rings (SSSR count). The molecule has 3 fully saturated rings. The fourth-order valence-corrected chi connectivity index (χ4v) is 15.2. The van der Waals surface area contributed by atoms with Crippen LogP contribution >= 0.6 is 22.9 Å². The Morgan fingerprint density at radius 1 is 0.907 bits per heavy atom. The van der Waals surface area contributed by atoms with Gasteiger partial charge in [-0.3, -0.25) is 39.0 Å². The number of halogens is 1. The van der Waals surface area contributed by atoms with Crippen molar-refractivity contribution in [1.29, 1.82) is 0 Å². The number of piperazine rings is 1. The van der Waals surface area contributed by atoms with Crippen molar-refractivity contribution in [3.63, 3.8) is 0 Å². The topological polar surface area (TPSA) is 295 Å². The van der Waals surface area contributed by atoms with E-state index in [1.807, 2.05) is 49.4 Å². The number of thiazole rings is 1. The van der Waals surface area contributed by atoms with Crippen LogP contribution in [-0.4, -0.2) is 155 Å². The van der Waals surface area contributed by atoms with E-state index >= 15 is 0 Å². The summed E-state index contributed by atoms with van der Waals surface area (Å²) in [4.78, 5) is 101. The standard InChI is InChI=1S/C71H83ClN12O11S2/c1-44-64(96-43-77-44)48-9-7-45(8-10-48)39-76-68(89)60-35-53(85)42-83(60)69(90)65(70(2,3)4)78-62(86)19-20-63(87)82-27-23-46(24-28-82)38-74-58-18-16-55(36-59(58)84(91)92)97(93,94)79-67(88)56-17-15-52(34-61(56)95-54-33-49-22-26-73-66(49)75-40-54)81-31-29-80(30-32-81)41-50-21-25-71(5,6)37-57(50)47-11-13-51(72)14-12-47/h7-18,22,26,33-34,36,40,43,46,53,60,65,74,85H,19-21,23-25,27-32,35,37-39,41-42H2,1-6H3,(H,73,75)(H,76,89)(H,78,86)(H,79,88)/t53-,60+,65-/m1/s1. The monoisotopic (exact) mass is 1380 g/mol. The highest BCUT2D eigenvalue weighted by Crippen LogP contribution is 2.44. The number of nitro groups is 1. The van der Waals surface area contributed by atoms with Crippen LogP contribution in [0, 0.1) is 33.8 Å². The minimum atomic E-state index is -4.70. The summed E-state index contributed by atoms with van der Waals surface area (Å²) in [6.07, 6.45) is 6.15. The number of benzene rings is 4. The zero-order valence-electron chi connectivity index (χ0n) is 55.4. The second-order valence-corrected chi connectivity index (χ2v) is 30.6. The van der Waals surface area contributed by atoms with Crippen molar-refractivity contribution in [2.24, 2.45) is 16.7 Å². The maximum absolute atomic E-state index is 14.2. The molecule has 3 aliphatic heterocycles. The molecule has 512 valence electrons. The number of hydrogen-bond acceptors (Lipinski definition) is 17. The normalized spacial score (nSPS) is 18.2. The van der Waals surface area contributed by atoms with Gasteiger partial charge < -0.3 is 45.5 Å². The number of aryl methyl sites for hydroxylation is 1. The second-order valence-electron chi connectivity index (χ2n) is 27.6. The highest BCUT2D eigenvalue weighted by molar-refractivity contribution is 7.90. The first kappa shape index (κ1) is 69.6. The lowest BCUT2D eigenvalue weighted by Gasteiger charge is -2.39. The SMILES string of the molecule is Cc1ncsc1-c1ccc(CNC(=O)[C@@H]2C[C@@H](O)CN2C(=O)[C@@H](NC(=O)CCC(=O)N2CCC(CNc3ccc(S(=O)(=O)NC(=O)c4ccc(N5CCN(CC6=C(c7ccc(Cl)cc7)CC(C)(C)CC6)CC5)cc4Oc4cnc5[nH]ccc5c4)cc3[N+](=O)[O-])CC2)C(C)(C)C)cc1. The Balaban J connectivity index is 0.668. The number of rotatable bonds is 22.